The average Bonchev–Trinajstić information content (AvgIpc) is 3.41. The molecular weight excluding hydrogens is 410 g/mol. The molecule has 2 heterocycles. The average molecular weight is 436 g/mol. The van der Waals surface area contributed by atoms with Gasteiger partial charge in [-0.15, -0.1) is 11.3 Å². The maximum Gasteiger partial charge on any atom is 0.306 e. The molecule has 2 aromatic heterocycles. The Morgan fingerprint density at radius 2 is 1.94 bits per heavy atom. The monoisotopic (exact) mass is 435 g/mol. The van der Waals surface area contributed by atoms with Gasteiger partial charge in [-0.25, -0.2) is 4.98 Å². The largest absolute Gasteiger partial charge is 0.493 e. The lowest BCUT2D eigenvalue weighted by atomic mass is 10.1. The Morgan fingerprint density at radius 1 is 1.10 bits per heavy atom. The summed E-state index contributed by atoms with van der Waals surface area (Å²) in [5.41, 5.74) is 3.02. The van der Waals surface area contributed by atoms with Gasteiger partial charge in [0.05, 0.1) is 18.9 Å². The molecule has 5 nitrogen and oxygen atoms in total. The van der Waals surface area contributed by atoms with E-state index < -0.39 is 0 Å². The molecule has 2 aromatic carbocycles. The number of aromatic nitrogens is 1. The van der Waals surface area contributed by atoms with E-state index in [-0.39, 0.29) is 5.97 Å². The summed E-state index contributed by atoms with van der Waals surface area (Å²) in [7, 11) is 0. The van der Waals surface area contributed by atoms with Gasteiger partial charge in [-0.05, 0) is 55.5 Å². The van der Waals surface area contributed by atoms with Crippen LogP contribution in [0, 0.1) is 6.92 Å². The van der Waals surface area contributed by atoms with E-state index in [4.69, 9.17) is 13.9 Å². The first-order valence-corrected chi connectivity index (χ1v) is 11.3. The highest BCUT2D eigenvalue weighted by atomic mass is 32.1. The van der Waals surface area contributed by atoms with Crippen molar-refractivity contribution in [3.05, 3.63) is 70.9 Å². The summed E-state index contributed by atoms with van der Waals surface area (Å²) < 4.78 is 18.1. The van der Waals surface area contributed by atoms with Crippen molar-refractivity contribution in [2.45, 2.75) is 33.1 Å². The first-order chi connectivity index (χ1) is 15.2. The lowest BCUT2D eigenvalue weighted by Crippen LogP contribution is -2.05. The van der Waals surface area contributed by atoms with E-state index in [9.17, 15) is 4.79 Å². The normalized spacial score (nSPS) is 11.0. The zero-order chi connectivity index (χ0) is 21.6. The molecule has 0 aliphatic rings. The Balaban J connectivity index is 1.41. The number of aryl methyl sites for hydroxylation is 2. The number of hydrogen-bond acceptors (Lipinski definition) is 6. The standard InChI is InChI=1S/C25H25NO4S/c1-3-28-23(27)12-10-18-9-11-22(20-14-16-31-24(18)20)29-15-13-21-17(2)30-25(26-21)19-7-5-4-6-8-19/h4-9,11,14,16H,3,10,12-13,15H2,1-2H3. The van der Waals surface area contributed by atoms with Gasteiger partial charge < -0.3 is 13.9 Å². The molecule has 0 fully saturated rings. The molecule has 4 rings (SSSR count). The minimum Gasteiger partial charge on any atom is -0.493 e. The fourth-order valence-corrected chi connectivity index (χ4v) is 4.47. The van der Waals surface area contributed by atoms with E-state index in [2.05, 4.69) is 16.4 Å². The molecule has 0 saturated carbocycles. The first-order valence-electron chi connectivity index (χ1n) is 10.4. The molecule has 6 heteroatoms. The number of nitrogens with zero attached hydrogens (tertiary/aromatic N) is 1. The zero-order valence-corrected chi connectivity index (χ0v) is 18.5. The van der Waals surface area contributed by atoms with Crippen LogP contribution in [0.25, 0.3) is 21.5 Å². The molecule has 0 N–H and O–H groups in total. The number of oxazole rings is 1. The molecule has 0 radical (unpaired) electrons. The molecular formula is C25H25NO4S. The van der Waals surface area contributed by atoms with Gasteiger partial charge in [0.2, 0.25) is 5.89 Å². The minimum absolute atomic E-state index is 0.162. The van der Waals surface area contributed by atoms with Crippen molar-refractivity contribution >= 4 is 27.4 Å². The van der Waals surface area contributed by atoms with Gasteiger partial charge in [0.1, 0.15) is 11.5 Å². The second-order valence-electron chi connectivity index (χ2n) is 7.18. The smallest absolute Gasteiger partial charge is 0.306 e. The van der Waals surface area contributed by atoms with Crippen LogP contribution in [0.3, 0.4) is 0 Å². The number of thiophene rings is 1. The summed E-state index contributed by atoms with van der Waals surface area (Å²) in [5.74, 6) is 2.14. The summed E-state index contributed by atoms with van der Waals surface area (Å²) >= 11 is 1.67. The van der Waals surface area contributed by atoms with Crippen molar-refractivity contribution in [2.75, 3.05) is 13.2 Å². The summed E-state index contributed by atoms with van der Waals surface area (Å²) in [4.78, 5) is 16.3. The maximum absolute atomic E-state index is 11.7. The molecule has 0 atom stereocenters. The maximum atomic E-state index is 11.7. The van der Waals surface area contributed by atoms with Crippen LogP contribution in [-0.2, 0) is 22.4 Å². The third-order valence-electron chi connectivity index (χ3n) is 5.07. The molecule has 0 aliphatic carbocycles. The SMILES string of the molecule is CCOC(=O)CCc1ccc(OCCc2nc(-c3ccccc3)oc2C)c2ccsc12. The van der Waals surface area contributed by atoms with Crippen LogP contribution in [0.15, 0.2) is 58.3 Å². The Morgan fingerprint density at radius 3 is 2.74 bits per heavy atom. The molecule has 0 saturated heterocycles. The molecule has 160 valence electrons. The van der Waals surface area contributed by atoms with E-state index >= 15 is 0 Å². The summed E-state index contributed by atoms with van der Waals surface area (Å²) in [5, 5.41) is 3.13. The molecule has 0 bridgehead atoms. The van der Waals surface area contributed by atoms with E-state index in [0.717, 1.165) is 38.4 Å². The third-order valence-corrected chi connectivity index (χ3v) is 6.06. The molecule has 0 spiro atoms. The van der Waals surface area contributed by atoms with Crippen LogP contribution in [0.2, 0.25) is 0 Å². The predicted octanol–water partition coefficient (Wildman–Crippen LogP) is 5.98. The van der Waals surface area contributed by atoms with Crippen molar-refractivity contribution in [1.29, 1.82) is 0 Å². The van der Waals surface area contributed by atoms with Crippen molar-refractivity contribution in [3.8, 4) is 17.2 Å². The summed E-state index contributed by atoms with van der Waals surface area (Å²) in [6, 6.07) is 16.0. The van der Waals surface area contributed by atoms with Gasteiger partial charge in [-0.1, -0.05) is 24.3 Å². The lowest BCUT2D eigenvalue weighted by molar-refractivity contribution is -0.143. The second-order valence-corrected chi connectivity index (χ2v) is 8.09. The minimum atomic E-state index is -0.162. The molecule has 4 aromatic rings. The van der Waals surface area contributed by atoms with Gasteiger partial charge in [-0.3, -0.25) is 4.79 Å². The van der Waals surface area contributed by atoms with Crippen molar-refractivity contribution in [1.82, 2.24) is 4.98 Å². The summed E-state index contributed by atoms with van der Waals surface area (Å²) in [6.45, 7) is 4.68. The number of hydrogen-bond donors (Lipinski definition) is 0. The van der Waals surface area contributed by atoms with E-state index in [1.807, 2.05) is 56.3 Å². The highest BCUT2D eigenvalue weighted by Crippen LogP contribution is 2.33. The number of fused-ring (bicyclic) bond motifs is 1. The van der Waals surface area contributed by atoms with Gasteiger partial charge >= 0.3 is 5.97 Å². The first kappa shape index (κ1) is 21.1. The van der Waals surface area contributed by atoms with Crippen molar-refractivity contribution in [2.24, 2.45) is 0 Å². The molecule has 0 amide bonds. The van der Waals surface area contributed by atoms with Gasteiger partial charge in [0.25, 0.3) is 0 Å². The Kier molecular flexibility index (Phi) is 6.67. The van der Waals surface area contributed by atoms with Crippen LogP contribution in [-0.4, -0.2) is 24.2 Å². The van der Waals surface area contributed by atoms with Crippen molar-refractivity contribution in [3.63, 3.8) is 0 Å². The van der Waals surface area contributed by atoms with Crippen LogP contribution >= 0.6 is 11.3 Å². The summed E-state index contributed by atoms with van der Waals surface area (Å²) in [6.07, 6.45) is 1.71. The lowest BCUT2D eigenvalue weighted by Gasteiger charge is -2.10. The van der Waals surface area contributed by atoms with Crippen LogP contribution in [0.1, 0.15) is 30.4 Å². The van der Waals surface area contributed by atoms with Crippen LogP contribution in [0.4, 0.5) is 0 Å². The number of rotatable bonds is 9. The predicted molar refractivity (Wildman–Crippen MR) is 123 cm³/mol. The van der Waals surface area contributed by atoms with Gasteiger partial charge in [0.15, 0.2) is 0 Å². The third kappa shape index (κ3) is 4.97. The molecule has 31 heavy (non-hydrogen) atoms. The van der Waals surface area contributed by atoms with Crippen LogP contribution < -0.4 is 4.74 Å². The number of esters is 1. The zero-order valence-electron chi connectivity index (χ0n) is 17.7. The van der Waals surface area contributed by atoms with Crippen LogP contribution in [0.5, 0.6) is 5.75 Å². The number of ether oxygens (including phenoxy) is 2. The van der Waals surface area contributed by atoms with E-state index in [1.54, 1.807) is 11.3 Å². The van der Waals surface area contributed by atoms with Crippen molar-refractivity contribution < 1.29 is 18.7 Å². The Bertz CT molecular complexity index is 1160. The molecule has 0 unspecified atom stereocenters. The highest BCUT2D eigenvalue weighted by Gasteiger charge is 2.13. The Labute approximate surface area is 185 Å². The number of carbonyl (C=O) groups excluding carboxylic acids is 1. The van der Waals surface area contributed by atoms with Gasteiger partial charge in [-0.2, -0.15) is 0 Å². The quantitative estimate of drug-likeness (QED) is 0.303. The topological polar surface area (TPSA) is 61.6 Å². The second kappa shape index (κ2) is 9.79. The van der Waals surface area contributed by atoms with E-state index in [1.165, 1.54) is 0 Å². The fraction of sp³-hybridized carbons (Fsp3) is 0.280. The highest BCUT2D eigenvalue weighted by molar-refractivity contribution is 7.17. The van der Waals surface area contributed by atoms with E-state index in [0.29, 0.717) is 38.4 Å². The van der Waals surface area contributed by atoms with Gasteiger partial charge in [0, 0.05) is 28.5 Å². The number of benzene rings is 2. The Hall–Kier alpha value is -3.12. The number of carbonyl (C=O) groups is 1. The fourth-order valence-electron chi connectivity index (χ4n) is 3.51. The molecule has 0 aliphatic heterocycles.